The fourth-order valence-corrected chi connectivity index (χ4v) is 0.772. The Kier molecular flexibility index (Phi) is 6.86. The lowest BCUT2D eigenvalue weighted by Gasteiger charge is -2.14. The van der Waals surface area contributed by atoms with Gasteiger partial charge in [0.05, 0.1) is 6.54 Å². The zero-order valence-corrected chi connectivity index (χ0v) is 7.76. The number of hydrogen-bond acceptors (Lipinski definition) is 4. The minimum Gasteiger partial charge on any atom is -0.396 e. The average molecular weight is 183 g/mol. The molecule has 4 heteroatoms. The first kappa shape index (κ1) is 11.9. The van der Waals surface area contributed by atoms with Gasteiger partial charge in [-0.2, -0.15) is 5.10 Å². The second kappa shape index (κ2) is 7.52. The van der Waals surface area contributed by atoms with Crippen LogP contribution in [0.15, 0.2) is 30.4 Å². The smallest absolute Gasteiger partial charge is 0.0537 e. The van der Waals surface area contributed by atoms with Crippen molar-refractivity contribution in [2.45, 2.75) is 6.42 Å². The van der Waals surface area contributed by atoms with Crippen molar-refractivity contribution in [2.75, 3.05) is 13.2 Å². The summed E-state index contributed by atoms with van der Waals surface area (Å²) >= 11 is 0. The van der Waals surface area contributed by atoms with Crippen molar-refractivity contribution in [1.29, 1.82) is 0 Å². The summed E-state index contributed by atoms with van der Waals surface area (Å²) in [6, 6.07) is 0. The number of rotatable bonds is 7. The van der Waals surface area contributed by atoms with Crippen molar-refractivity contribution in [3.05, 3.63) is 25.3 Å². The fraction of sp³-hybridized carbons (Fsp3) is 0.444. The fourth-order valence-electron chi connectivity index (χ4n) is 0.772. The molecule has 3 N–H and O–H groups in total. The molecule has 0 spiro atoms. The minimum atomic E-state index is 0.0879. The summed E-state index contributed by atoms with van der Waals surface area (Å²) < 4.78 is 0. The number of hydrazone groups is 1. The van der Waals surface area contributed by atoms with Crippen LogP contribution in [0.3, 0.4) is 0 Å². The van der Waals surface area contributed by atoms with E-state index in [1.165, 1.54) is 11.3 Å². The number of aliphatic hydroxyl groups excluding tert-OH is 1. The van der Waals surface area contributed by atoms with Crippen LogP contribution in [0.4, 0.5) is 0 Å². The first-order chi connectivity index (χ1) is 6.24. The zero-order chi connectivity index (χ0) is 10.1. The van der Waals surface area contributed by atoms with Crippen LogP contribution in [0.1, 0.15) is 6.42 Å². The lowest BCUT2D eigenvalue weighted by atomic mass is 10.1. The maximum Gasteiger partial charge on any atom is 0.0537 e. The number of allylic oxidation sites excluding steroid dienone is 1. The molecule has 74 valence electrons. The molecule has 4 nitrogen and oxygen atoms in total. The van der Waals surface area contributed by atoms with E-state index >= 15 is 0 Å². The molecular weight excluding hydrogens is 166 g/mol. The number of hydrogen-bond donors (Lipinski definition) is 2. The summed E-state index contributed by atoms with van der Waals surface area (Å²) in [6.45, 7) is 7.76. The predicted octanol–water partition coefficient (Wildman–Crippen LogP) is 0.518. The maximum atomic E-state index is 8.83. The summed E-state index contributed by atoms with van der Waals surface area (Å²) in [7, 11) is 0. The zero-order valence-electron chi connectivity index (χ0n) is 7.76. The number of nitrogens with two attached hydrogens (primary N) is 1. The summed E-state index contributed by atoms with van der Waals surface area (Å²) in [6.07, 6.45) is 5.52. The first-order valence-electron chi connectivity index (χ1n) is 4.15. The van der Waals surface area contributed by atoms with Gasteiger partial charge >= 0.3 is 0 Å². The second-order valence-corrected chi connectivity index (χ2v) is 2.63. The van der Waals surface area contributed by atoms with Crippen LogP contribution < -0.4 is 5.84 Å². The molecule has 0 rings (SSSR count). The lowest BCUT2D eigenvalue weighted by Crippen LogP contribution is -2.28. The molecule has 13 heavy (non-hydrogen) atoms. The van der Waals surface area contributed by atoms with Gasteiger partial charge in [-0.25, -0.2) is 11.0 Å². The van der Waals surface area contributed by atoms with Gasteiger partial charge in [-0.15, -0.1) is 6.58 Å². The monoisotopic (exact) mass is 183 g/mol. The van der Waals surface area contributed by atoms with E-state index in [1.807, 2.05) is 0 Å². The Balaban J connectivity index is 3.66. The summed E-state index contributed by atoms with van der Waals surface area (Å²) in [5, 5.41) is 14.0. The molecule has 0 unspecified atom stereocenters. The molecule has 0 aromatic rings. The number of aliphatic hydroxyl groups is 1. The van der Waals surface area contributed by atoms with Gasteiger partial charge in [-0.3, -0.25) is 0 Å². The number of hydrazine groups is 1. The Labute approximate surface area is 79.0 Å². The van der Waals surface area contributed by atoms with E-state index in [4.69, 9.17) is 10.9 Å². The van der Waals surface area contributed by atoms with Crippen LogP contribution >= 0.6 is 0 Å². The third kappa shape index (κ3) is 6.07. The largest absolute Gasteiger partial charge is 0.396 e. The van der Waals surface area contributed by atoms with E-state index in [-0.39, 0.29) is 12.5 Å². The van der Waals surface area contributed by atoms with Gasteiger partial charge in [0.1, 0.15) is 0 Å². The van der Waals surface area contributed by atoms with E-state index in [0.29, 0.717) is 6.54 Å². The Bertz CT molecular complexity index is 180. The molecule has 0 bridgehead atoms. The molecule has 0 aromatic heterocycles. The van der Waals surface area contributed by atoms with Gasteiger partial charge in [0.15, 0.2) is 0 Å². The third-order valence-electron chi connectivity index (χ3n) is 1.62. The van der Waals surface area contributed by atoms with Gasteiger partial charge in [0.2, 0.25) is 0 Å². The van der Waals surface area contributed by atoms with Crippen LogP contribution in [-0.2, 0) is 0 Å². The Morgan fingerprint density at radius 2 is 2.23 bits per heavy atom. The highest BCUT2D eigenvalue weighted by atomic mass is 16.3. The van der Waals surface area contributed by atoms with Crippen molar-refractivity contribution >= 4 is 6.21 Å². The van der Waals surface area contributed by atoms with Gasteiger partial charge in [-0.1, -0.05) is 12.7 Å². The molecule has 0 aromatic carbocycles. The van der Waals surface area contributed by atoms with Gasteiger partial charge in [0, 0.05) is 18.7 Å². The van der Waals surface area contributed by atoms with Gasteiger partial charge < -0.3 is 5.11 Å². The summed E-state index contributed by atoms with van der Waals surface area (Å²) in [5.41, 5.74) is 0. The topological polar surface area (TPSA) is 61.8 Å². The Morgan fingerprint density at radius 3 is 2.69 bits per heavy atom. The van der Waals surface area contributed by atoms with Crippen molar-refractivity contribution < 1.29 is 5.11 Å². The van der Waals surface area contributed by atoms with E-state index in [0.717, 1.165) is 6.42 Å². The standard InChI is InChI=1S/C9H17N3O/c1-3-6-11-12(10)7-5-9(4-2)8-13/h3-4,6,9,13H,1-2,5,7-8,10H2/b11-6-/t9-/m0/s1. The maximum absolute atomic E-state index is 8.83. The SMILES string of the molecule is C=C/C=N\N(N)CC[C@H](C=C)CO. The molecule has 0 radical (unpaired) electrons. The van der Waals surface area contributed by atoms with Crippen LogP contribution in [-0.4, -0.2) is 29.6 Å². The van der Waals surface area contributed by atoms with Gasteiger partial charge in [0.25, 0.3) is 0 Å². The molecule has 0 aliphatic carbocycles. The summed E-state index contributed by atoms with van der Waals surface area (Å²) in [5.74, 6) is 5.58. The summed E-state index contributed by atoms with van der Waals surface area (Å²) in [4.78, 5) is 0. The molecule has 0 aliphatic heterocycles. The van der Waals surface area contributed by atoms with E-state index in [2.05, 4.69) is 18.3 Å². The highest BCUT2D eigenvalue weighted by Crippen LogP contribution is 2.02. The molecule has 0 fully saturated rings. The highest BCUT2D eigenvalue weighted by molar-refractivity contribution is 5.69. The van der Waals surface area contributed by atoms with Crippen LogP contribution in [0.25, 0.3) is 0 Å². The third-order valence-corrected chi connectivity index (χ3v) is 1.62. The van der Waals surface area contributed by atoms with Crippen molar-refractivity contribution in [3.63, 3.8) is 0 Å². The van der Waals surface area contributed by atoms with Crippen LogP contribution in [0.5, 0.6) is 0 Å². The van der Waals surface area contributed by atoms with Crippen LogP contribution in [0, 0.1) is 5.92 Å². The van der Waals surface area contributed by atoms with E-state index in [1.54, 1.807) is 12.2 Å². The van der Waals surface area contributed by atoms with Crippen LogP contribution in [0.2, 0.25) is 0 Å². The normalized spacial score (nSPS) is 12.8. The number of nitrogens with zero attached hydrogens (tertiary/aromatic N) is 2. The molecular formula is C9H17N3O. The molecule has 0 saturated heterocycles. The molecule has 1 atom stereocenters. The van der Waals surface area contributed by atoms with Gasteiger partial charge in [-0.05, 0) is 12.5 Å². The minimum absolute atomic E-state index is 0.0879. The lowest BCUT2D eigenvalue weighted by molar-refractivity contribution is 0.218. The van der Waals surface area contributed by atoms with E-state index in [9.17, 15) is 0 Å². The second-order valence-electron chi connectivity index (χ2n) is 2.63. The molecule has 0 amide bonds. The van der Waals surface area contributed by atoms with Crippen molar-refractivity contribution in [1.82, 2.24) is 5.12 Å². The molecule has 0 aliphatic rings. The quantitative estimate of drug-likeness (QED) is 0.262. The Hall–Kier alpha value is -1.13. The average Bonchev–Trinajstić information content (AvgIpc) is 2.16. The van der Waals surface area contributed by atoms with Crippen molar-refractivity contribution in [3.8, 4) is 0 Å². The first-order valence-corrected chi connectivity index (χ1v) is 4.15. The van der Waals surface area contributed by atoms with E-state index < -0.39 is 0 Å². The Morgan fingerprint density at radius 1 is 1.54 bits per heavy atom. The predicted molar refractivity (Wildman–Crippen MR) is 55.0 cm³/mol. The molecule has 0 saturated carbocycles. The molecule has 0 heterocycles. The van der Waals surface area contributed by atoms with Crippen molar-refractivity contribution in [2.24, 2.45) is 16.9 Å². The highest BCUT2D eigenvalue weighted by Gasteiger charge is 2.02.